The van der Waals surface area contributed by atoms with Crippen LogP contribution >= 0.6 is 12.2 Å². The highest BCUT2D eigenvalue weighted by Crippen LogP contribution is 2.14. The first kappa shape index (κ1) is 10.2. The van der Waals surface area contributed by atoms with E-state index in [4.69, 9.17) is 5.11 Å². The van der Waals surface area contributed by atoms with E-state index in [0.29, 0.717) is 0 Å². The highest BCUT2D eigenvalue weighted by molar-refractivity contribution is 7.78. The Balaban J connectivity index is 4.51. The molecule has 0 aromatic rings. The van der Waals surface area contributed by atoms with Crippen LogP contribution in [-0.2, 0) is 4.79 Å². The molecule has 1 atom stereocenters. The van der Waals surface area contributed by atoms with Crippen molar-refractivity contribution in [2.75, 3.05) is 6.67 Å². The Hall–Kier alpha value is -0.800. The number of halogens is 1. The van der Waals surface area contributed by atoms with Gasteiger partial charge in [-0.15, -0.1) is 0 Å². The first-order valence-electron chi connectivity index (χ1n) is 2.95. The van der Waals surface area contributed by atoms with Crippen molar-refractivity contribution < 1.29 is 14.3 Å². The third-order valence-corrected chi connectivity index (χ3v) is 1.43. The lowest BCUT2D eigenvalue weighted by Gasteiger charge is -2.15. The molecule has 0 aliphatic rings. The van der Waals surface area contributed by atoms with Crippen LogP contribution in [0.25, 0.3) is 0 Å². The van der Waals surface area contributed by atoms with Crippen LogP contribution in [-0.4, -0.2) is 28.5 Å². The van der Waals surface area contributed by atoms with Gasteiger partial charge in [0.1, 0.15) is 0 Å². The number of hydrogen-bond donors (Lipinski definition) is 1. The Morgan fingerprint density at radius 2 is 2.45 bits per heavy atom. The van der Waals surface area contributed by atoms with Gasteiger partial charge >= 0.3 is 5.97 Å². The van der Waals surface area contributed by atoms with Gasteiger partial charge in [-0.2, -0.15) is 0 Å². The molecule has 62 valence electrons. The minimum atomic E-state index is -1.45. The molecule has 0 aromatic heterocycles. The maximum atomic E-state index is 11.8. The lowest BCUT2D eigenvalue weighted by molar-refractivity contribution is -0.142. The summed E-state index contributed by atoms with van der Waals surface area (Å²) in [6.45, 7) is 0.567. The number of carboxylic acids is 1. The Morgan fingerprint density at radius 3 is 2.73 bits per heavy atom. The zero-order chi connectivity index (χ0) is 8.91. The fraction of sp³-hybridized carbons (Fsp3) is 0.667. The van der Waals surface area contributed by atoms with E-state index in [0.717, 1.165) is 0 Å². The molecule has 0 spiro atoms. The third kappa shape index (κ3) is 2.74. The summed E-state index contributed by atoms with van der Waals surface area (Å²) >= 11 is 4.23. The van der Waals surface area contributed by atoms with E-state index in [1.54, 1.807) is 0 Å². The lowest BCUT2D eigenvalue weighted by Crippen LogP contribution is -2.33. The van der Waals surface area contributed by atoms with Crippen LogP contribution in [0.5, 0.6) is 0 Å². The maximum absolute atomic E-state index is 11.8. The molecule has 0 bridgehead atoms. The predicted molar refractivity (Wildman–Crippen MR) is 41.7 cm³/mol. The average Bonchev–Trinajstić information content (AvgIpc) is 1.88. The van der Waals surface area contributed by atoms with Gasteiger partial charge in [0.15, 0.2) is 5.54 Å². The normalized spacial score (nSPS) is 14.7. The molecule has 3 nitrogen and oxygen atoms in total. The summed E-state index contributed by atoms with van der Waals surface area (Å²) in [7, 11) is 0. The molecule has 0 rings (SSSR count). The summed E-state index contributed by atoms with van der Waals surface area (Å²) in [5.41, 5.74) is -1.45. The number of alkyl halides is 1. The van der Waals surface area contributed by atoms with Gasteiger partial charge in [0.05, 0.1) is 11.8 Å². The van der Waals surface area contributed by atoms with Crippen molar-refractivity contribution in [3.8, 4) is 0 Å². The Kier molecular flexibility index (Phi) is 3.85. The van der Waals surface area contributed by atoms with Gasteiger partial charge in [-0.25, -0.2) is 9.79 Å². The van der Waals surface area contributed by atoms with Crippen molar-refractivity contribution in [1.82, 2.24) is 0 Å². The van der Waals surface area contributed by atoms with Crippen molar-refractivity contribution in [2.24, 2.45) is 4.99 Å². The Bertz CT molecular complexity index is 199. The first-order valence-corrected chi connectivity index (χ1v) is 3.36. The molecule has 0 heterocycles. The Morgan fingerprint density at radius 1 is 1.91 bits per heavy atom. The molecule has 0 saturated heterocycles. The molecule has 0 aromatic carbocycles. The van der Waals surface area contributed by atoms with Gasteiger partial charge < -0.3 is 5.11 Å². The number of carboxylic acid groups (broad SMARTS) is 1. The molecule has 0 aliphatic carbocycles. The van der Waals surface area contributed by atoms with Gasteiger partial charge in [0.25, 0.3) is 0 Å². The van der Waals surface area contributed by atoms with E-state index in [1.807, 2.05) is 5.16 Å². The van der Waals surface area contributed by atoms with Crippen LogP contribution in [0.4, 0.5) is 4.39 Å². The smallest absolute Gasteiger partial charge is 0.332 e. The minimum Gasteiger partial charge on any atom is -0.479 e. The highest BCUT2D eigenvalue weighted by Gasteiger charge is 2.31. The summed E-state index contributed by atoms with van der Waals surface area (Å²) in [4.78, 5) is 13.8. The van der Waals surface area contributed by atoms with Crippen molar-refractivity contribution in [3.05, 3.63) is 0 Å². The van der Waals surface area contributed by atoms with Crippen molar-refractivity contribution in [2.45, 2.75) is 18.9 Å². The molecule has 0 aliphatic heterocycles. The highest BCUT2D eigenvalue weighted by atomic mass is 32.1. The number of carbonyl (C=O) groups is 1. The van der Waals surface area contributed by atoms with Crippen LogP contribution in [0.1, 0.15) is 13.3 Å². The monoisotopic (exact) mass is 177 g/mol. The molecular weight excluding hydrogens is 169 g/mol. The summed E-state index contributed by atoms with van der Waals surface area (Å²) in [6.07, 6.45) is -0.175. The second kappa shape index (κ2) is 4.16. The second-order valence-corrected chi connectivity index (χ2v) is 2.40. The predicted octanol–water partition coefficient (Wildman–Crippen LogP) is 1.29. The SMILES string of the molecule is CC(CCF)(N=C=S)C(=O)O. The standard InChI is InChI=1S/C6H8FNO2S/c1-6(2-3-7,5(9)10)8-4-11/h2-3H2,1H3,(H,9,10). The fourth-order valence-electron chi connectivity index (χ4n) is 0.495. The number of nitrogens with zero attached hydrogens (tertiary/aromatic N) is 1. The molecule has 0 saturated carbocycles. The zero-order valence-electron chi connectivity index (χ0n) is 6.00. The molecule has 11 heavy (non-hydrogen) atoms. The van der Waals surface area contributed by atoms with Crippen molar-refractivity contribution in [3.63, 3.8) is 0 Å². The average molecular weight is 177 g/mol. The first-order chi connectivity index (χ1) is 5.06. The van der Waals surface area contributed by atoms with Gasteiger partial charge in [-0.3, -0.25) is 4.39 Å². The van der Waals surface area contributed by atoms with E-state index in [-0.39, 0.29) is 6.42 Å². The van der Waals surface area contributed by atoms with E-state index < -0.39 is 18.2 Å². The van der Waals surface area contributed by atoms with E-state index in [2.05, 4.69) is 17.2 Å². The number of rotatable bonds is 4. The lowest BCUT2D eigenvalue weighted by atomic mass is 10.0. The fourth-order valence-corrected chi connectivity index (χ4v) is 0.697. The van der Waals surface area contributed by atoms with E-state index >= 15 is 0 Å². The van der Waals surface area contributed by atoms with Crippen molar-refractivity contribution in [1.29, 1.82) is 0 Å². The van der Waals surface area contributed by atoms with Crippen LogP contribution in [0.3, 0.4) is 0 Å². The van der Waals surface area contributed by atoms with Crippen molar-refractivity contribution >= 4 is 23.3 Å². The number of aliphatic carboxylic acids is 1. The largest absolute Gasteiger partial charge is 0.479 e. The molecule has 0 fully saturated rings. The van der Waals surface area contributed by atoms with Gasteiger partial charge in [-0.05, 0) is 19.1 Å². The van der Waals surface area contributed by atoms with Gasteiger partial charge in [-0.1, -0.05) is 0 Å². The maximum Gasteiger partial charge on any atom is 0.332 e. The van der Waals surface area contributed by atoms with Gasteiger partial charge in [0, 0.05) is 6.42 Å². The van der Waals surface area contributed by atoms with Crippen LogP contribution < -0.4 is 0 Å². The second-order valence-electron chi connectivity index (χ2n) is 2.22. The third-order valence-electron chi connectivity index (χ3n) is 1.33. The number of aliphatic imine (C=N–C) groups is 1. The molecule has 1 unspecified atom stereocenters. The topological polar surface area (TPSA) is 49.7 Å². The molecule has 1 N–H and O–H groups in total. The zero-order valence-corrected chi connectivity index (χ0v) is 6.82. The van der Waals surface area contributed by atoms with Crippen LogP contribution in [0.2, 0.25) is 0 Å². The van der Waals surface area contributed by atoms with Crippen LogP contribution in [0, 0.1) is 0 Å². The summed E-state index contributed by atoms with van der Waals surface area (Å²) in [6, 6.07) is 0. The number of isothiocyanates is 1. The number of hydrogen-bond acceptors (Lipinski definition) is 3. The molecule has 0 radical (unpaired) electrons. The Labute approximate surface area is 68.9 Å². The molecular formula is C6H8FNO2S. The summed E-state index contributed by atoms with van der Waals surface area (Å²) < 4.78 is 11.8. The molecule has 5 heteroatoms. The minimum absolute atomic E-state index is 0.175. The summed E-state index contributed by atoms with van der Waals surface area (Å²) in [5, 5.41) is 10.5. The van der Waals surface area contributed by atoms with E-state index in [1.165, 1.54) is 6.92 Å². The summed E-state index contributed by atoms with van der Waals surface area (Å²) in [5.74, 6) is -1.19. The molecule has 0 amide bonds. The number of thiocarbonyl (C=S) groups is 1. The van der Waals surface area contributed by atoms with Crippen LogP contribution in [0.15, 0.2) is 4.99 Å². The van der Waals surface area contributed by atoms with Gasteiger partial charge in [0.2, 0.25) is 0 Å². The quantitative estimate of drug-likeness (QED) is 0.520. The van der Waals surface area contributed by atoms with E-state index in [9.17, 15) is 9.18 Å².